The first-order valence-corrected chi connectivity index (χ1v) is 50.5. The van der Waals surface area contributed by atoms with Crippen LogP contribution in [0.15, 0.2) is 485 Å². The van der Waals surface area contributed by atoms with E-state index in [1.807, 2.05) is 216 Å². The number of rotatable bonds is 14. The van der Waals surface area contributed by atoms with Gasteiger partial charge in [-0.05, 0) is 143 Å². The molecule has 0 fully saturated rings. The van der Waals surface area contributed by atoms with Crippen LogP contribution in [-0.4, -0.2) is 58.6 Å². The normalized spacial score (nSPS) is 11.6. The van der Waals surface area contributed by atoms with Crippen LogP contribution in [0.3, 0.4) is 0 Å². The standard InChI is InChI=1S/2C45H28N4S.C39H24N4S/c1-3-13-29(14-4-1)43-46-44(30-15-5-2-6-16-30)48-45(47-43)32-17-11-18-33(27-32)49-39-23-9-7-19-35(39)38-28-31(25-26-40(38)49)34-21-12-22-37-36-20-8-10-24-41(36)50-42(34)37;1-3-12-29(13-4-1)43-46-44(30-14-5-2-6-15-30)48-45(47-43)31-22-25-33(26-23-31)49-39-20-9-7-16-35(39)38-28-32(24-27-40(38)49)34-18-11-19-37-36-17-8-10-21-41(36)50-42(34)37;1-3-12-25(13-4-1)37-40-38(26-14-5-2-6-15-26)42-39(41-37)43-33-20-9-7-16-29(33)32-24-27(22-23-34(32)43)28-18-11-19-31-30-17-8-10-21-35(30)44-36(28)31/h2*1-28H;1-24H. The summed E-state index contributed by atoms with van der Waals surface area (Å²) in [4.78, 5) is 44.7. The number of aromatic nitrogens is 12. The van der Waals surface area contributed by atoms with E-state index in [1.54, 1.807) is 0 Å². The van der Waals surface area contributed by atoms with Crippen LogP contribution in [0.5, 0.6) is 0 Å². The summed E-state index contributed by atoms with van der Waals surface area (Å²) in [6.07, 6.45) is 0. The van der Waals surface area contributed by atoms with Crippen molar-refractivity contribution in [1.82, 2.24) is 58.6 Å². The topological polar surface area (TPSA) is 131 Å². The number of nitrogens with zero attached hydrogens (tertiary/aromatic N) is 12. The molecule has 144 heavy (non-hydrogen) atoms. The predicted octanol–water partition coefficient (Wildman–Crippen LogP) is 34.3. The molecule has 12 nitrogen and oxygen atoms in total. The summed E-state index contributed by atoms with van der Waals surface area (Å²) in [6.45, 7) is 0. The highest BCUT2D eigenvalue weighted by molar-refractivity contribution is 7.27. The fourth-order valence-corrected chi connectivity index (χ4v) is 24.1. The second kappa shape index (κ2) is 36.0. The van der Waals surface area contributed by atoms with E-state index in [2.05, 4.69) is 317 Å². The molecule has 0 aliphatic heterocycles. The van der Waals surface area contributed by atoms with E-state index in [1.165, 1.54) is 132 Å². The maximum atomic E-state index is 5.06. The Bertz CT molecular complexity index is 9860. The zero-order chi connectivity index (χ0) is 95.1. The molecule has 29 rings (SSSR count). The van der Waals surface area contributed by atoms with Crippen LogP contribution < -0.4 is 0 Å². The molecular weight excluding hydrogens is 1810 g/mol. The summed E-state index contributed by atoms with van der Waals surface area (Å²) in [5, 5.41) is 15.1. The van der Waals surface area contributed by atoms with Gasteiger partial charge in [-0.1, -0.05) is 376 Å². The predicted molar refractivity (Wildman–Crippen MR) is 601 cm³/mol. The summed E-state index contributed by atoms with van der Waals surface area (Å²) >= 11 is 5.61. The number of hydrogen-bond acceptors (Lipinski definition) is 12. The van der Waals surface area contributed by atoms with Crippen molar-refractivity contribution in [3.63, 3.8) is 0 Å². The molecule has 0 aliphatic carbocycles. The molecule has 674 valence electrons. The van der Waals surface area contributed by atoms with Gasteiger partial charge in [0.15, 0.2) is 46.6 Å². The fourth-order valence-electron chi connectivity index (χ4n) is 20.4. The van der Waals surface area contributed by atoms with Gasteiger partial charge in [0.2, 0.25) is 5.95 Å². The van der Waals surface area contributed by atoms with Crippen molar-refractivity contribution in [1.29, 1.82) is 0 Å². The lowest BCUT2D eigenvalue weighted by Gasteiger charge is -2.12. The molecule has 0 saturated carbocycles. The Hall–Kier alpha value is -18.5. The quantitative estimate of drug-likeness (QED) is 0.104. The Morgan fingerprint density at radius 1 is 0.139 bits per heavy atom. The van der Waals surface area contributed by atoms with Gasteiger partial charge in [-0.2, -0.15) is 9.97 Å². The van der Waals surface area contributed by atoms with Gasteiger partial charge in [-0.25, -0.2) is 34.9 Å². The Labute approximate surface area is 839 Å². The number of thiophene rings is 3. The molecule has 29 aromatic rings. The molecule has 15 heteroatoms. The SMILES string of the molecule is c1ccc(-c2nc(-c3ccccc3)nc(-c3ccc(-n4c5ccccc5c5cc(-c6cccc7c6sc6ccccc67)ccc54)cc3)n2)cc1.c1ccc(-c2nc(-c3ccccc3)nc(-c3cccc(-n4c5ccccc5c5cc(-c6cccc7c6sc6ccccc67)ccc54)c3)n2)cc1.c1ccc(-c2nc(-c3ccccc3)nc(-n3c4ccccc4c4cc(-c5cccc6c5sc5ccccc56)ccc43)n2)cc1. The average molecular weight is 1890 g/mol. The number of para-hydroxylation sites is 3. The molecule has 0 N–H and O–H groups in total. The van der Waals surface area contributed by atoms with E-state index in [4.69, 9.17) is 44.9 Å². The van der Waals surface area contributed by atoms with Crippen LogP contribution in [0, 0.1) is 0 Å². The molecule has 9 aromatic heterocycles. The molecule has 0 unspecified atom stereocenters. The fraction of sp³-hybridized carbons (Fsp3) is 0. The first-order valence-electron chi connectivity index (χ1n) is 48.0. The number of benzene rings is 20. The third-order valence-electron chi connectivity index (χ3n) is 27.2. The van der Waals surface area contributed by atoms with Gasteiger partial charge < -0.3 is 9.13 Å². The smallest absolute Gasteiger partial charge is 0.238 e. The van der Waals surface area contributed by atoms with Crippen molar-refractivity contribution < 1.29 is 0 Å². The Balaban J connectivity index is 0.000000108. The van der Waals surface area contributed by atoms with Gasteiger partial charge in [0.25, 0.3) is 0 Å². The minimum Gasteiger partial charge on any atom is -0.309 e. The first-order chi connectivity index (χ1) is 71.4. The lowest BCUT2D eigenvalue weighted by atomic mass is 10.0. The van der Waals surface area contributed by atoms with Crippen molar-refractivity contribution in [2.75, 3.05) is 0 Å². The van der Waals surface area contributed by atoms with Crippen LogP contribution in [0.2, 0.25) is 0 Å². The van der Waals surface area contributed by atoms with E-state index in [-0.39, 0.29) is 0 Å². The third-order valence-corrected chi connectivity index (χ3v) is 30.9. The van der Waals surface area contributed by atoms with Crippen molar-refractivity contribution in [2.45, 2.75) is 0 Å². The summed E-state index contributed by atoms with van der Waals surface area (Å²) < 4.78 is 14.8. The number of hydrogen-bond donors (Lipinski definition) is 0. The third kappa shape index (κ3) is 15.3. The lowest BCUT2D eigenvalue weighted by molar-refractivity contribution is 0.953. The monoisotopic (exact) mass is 1890 g/mol. The van der Waals surface area contributed by atoms with Gasteiger partial charge >= 0.3 is 0 Å². The minimum absolute atomic E-state index is 0.600. The Morgan fingerprint density at radius 3 is 0.715 bits per heavy atom. The van der Waals surface area contributed by atoms with Crippen molar-refractivity contribution in [3.05, 3.63) is 485 Å². The molecule has 0 radical (unpaired) electrons. The van der Waals surface area contributed by atoms with E-state index >= 15 is 0 Å². The summed E-state index contributed by atoms with van der Waals surface area (Å²) in [5.74, 6) is 5.79. The average Bonchev–Trinajstić information content (AvgIpc) is 1.59. The zero-order valence-electron chi connectivity index (χ0n) is 77.3. The lowest BCUT2D eigenvalue weighted by Crippen LogP contribution is -2.06. The molecule has 9 heterocycles. The van der Waals surface area contributed by atoms with E-state index in [0.717, 1.165) is 83.3 Å². The highest BCUT2D eigenvalue weighted by Crippen LogP contribution is 2.48. The Morgan fingerprint density at radius 2 is 0.375 bits per heavy atom. The van der Waals surface area contributed by atoms with E-state index in [0.29, 0.717) is 52.5 Å². The summed E-state index contributed by atoms with van der Waals surface area (Å²) in [5.41, 5.74) is 23.9. The van der Waals surface area contributed by atoms with Crippen LogP contribution in [0.4, 0.5) is 0 Å². The number of fused-ring (bicyclic) bond motifs is 18. The second-order valence-corrected chi connectivity index (χ2v) is 38.9. The van der Waals surface area contributed by atoms with Crippen LogP contribution >= 0.6 is 34.0 Å². The molecule has 0 spiro atoms. The largest absolute Gasteiger partial charge is 0.309 e. The molecular formula is C129H80N12S3. The van der Waals surface area contributed by atoms with E-state index in [9.17, 15) is 0 Å². The molecule has 0 amide bonds. The summed E-state index contributed by atoms with van der Waals surface area (Å²) in [6, 6.07) is 170. The van der Waals surface area contributed by atoms with Crippen LogP contribution in [-0.2, 0) is 0 Å². The van der Waals surface area contributed by atoms with Crippen molar-refractivity contribution in [3.8, 4) is 142 Å². The zero-order valence-corrected chi connectivity index (χ0v) is 79.7. The van der Waals surface area contributed by atoms with Gasteiger partial charge in [-0.3, -0.25) is 4.57 Å². The molecule has 20 aromatic carbocycles. The van der Waals surface area contributed by atoms with Crippen molar-refractivity contribution >= 4 is 160 Å². The highest BCUT2D eigenvalue weighted by atomic mass is 32.1. The van der Waals surface area contributed by atoms with Crippen LogP contribution in [0.1, 0.15) is 0 Å². The maximum Gasteiger partial charge on any atom is 0.238 e. The van der Waals surface area contributed by atoms with Gasteiger partial charge in [0, 0.05) is 149 Å². The van der Waals surface area contributed by atoms with Gasteiger partial charge in [0.05, 0.1) is 33.1 Å². The first kappa shape index (κ1) is 84.7. The minimum atomic E-state index is 0.600. The van der Waals surface area contributed by atoms with Crippen LogP contribution in [0.25, 0.3) is 268 Å². The molecule has 0 aliphatic rings. The Kier molecular flexibility index (Phi) is 21.2. The summed E-state index contributed by atoms with van der Waals surface area (Å²) in [7, 11) is 0. The highest BCUT2D eigenvalue weighted by Gasteiger charge is 2.25. The maximum absolute atomic E-state index is 5.06. The molecule has 0 bridgehead atoms. The van der Waals surface area contributed by atoms with Gasteiger partial charge in [-0.15, -0.1) is 34.0 Å². The van der Waals surface area contributed by atoms with Gasteiger partial charge in [0.1, 0.15) is 0 Å². The second-order valence-electron chi connectivity index (χ2n) is 35.8. The van der Waals surface area contributed by atoms with E-state index < -0.39 is 0 Å². The molecule has 0 atom stereocenters. The molecule has 0 saturated heterocycles. The van der Waals surface area contributed by atoms with Crippen molar-refractivity contribution in [2.24, 2.45) is 0 Å².